The zero-order valence-corrected chi connectivity index (χ0v) is 20.1. The van der Waals surface area contributed by atoms with E-state index in [4.69, 9.17) is 4.98 Å². The molecule has 0 aliphatic heterocycles. The molecule has 0 atom stereocenters. The highest BCUT2D eigenvalue weighted by Crippen LogP contribution is 2.31. The van der Waals surface area contributed by atoms with E-state index < -0.39 is 0 Å². The summed E-state index contributed by atoms with van der Waals surface area (Å²) in [5.41, 5.74) is 6.59. The average molecular weight is 464 g/mol. The van der Waals surface area contributed by atoms with Crippen molar-refractivity contribution in [3.05, 3.63) is 84.2 Å². The van der Waals surface area contributed by atoms with Crippen LogP contribution in [-0.2, 0) is 6.54 Å². The van der Waals surface area contributed by atoms with Gasteiger partial charge < -0.3 is 4.90 Å². The van der Waals surface area contributed by atoms with E-state index in [1.807, 2.05) is 18.2 Å². The van der Waals surface area contributed by atoms with Gasteiger partial charge in [0.15, 0.2) is 0 Å². The number of hydrogen-bond donors (Lipinski definition) is 1. The van der Waals surface area contributed by atoms with Crippen LogP contribution in [0.25, 0.3) is 33.4 Å². The van der Waals surface area contributed by atoms with Crippen molar-refractivity contribution < 1.29 is 0 Å². The molecular formula is C28H29N7. The van der Waals surface area contributed by atoms with E-state index in [0.29, 0.717) is 5.82 Å². The molecule has 0 spiro atoms. The molecule has 0 amide bonds. The first-order chi connectivity index (χ1) is 17.2. The number of aromatic nitrogens is 6. The van der Waals surface area contributed by atoms with Crippen LogP contribution in [0.5, 0.6) is 0 Å². The van der Waals surface area contributed by atoms with Crippen molar-refractivity contribution in [3.63, 3.8) is 0 Å². The normalized spacial score (nSPS) is 11.1. The average Bonchev–Trinajstić information content (AvgIpc) is 3.43. The third-order valence-corrected chi connectivity index (χ3v) is 6.25. The van der Waals surface area contributed by atoms with Crippen LogP contribution in [0, 0.1) is 6.92 Å². The highest BCUT2D eigenvalue weighted by atomic mass is 15.5. The van der Waals surface area contributed by atoms with Crippen LogP contribution in [0.3, 0.4) is 0 Å². The first-order valence-corrected chi connectivity index (χ1v) is 12.1. The Balaban J connectivity index is 1.44. The van der Waals surface area contributed by atoms with Crippen LogP contribution in [0.4, 0.5) is 5.82 Å². The van der Waals surface area contributed by atoms with Crippen LogP contribution in [0.15, 0.2) is 73.1 Å². The molecule has 0 bridgehead atoms. The van der Waals surface area contributed by atoms with Crippen LogP contribution in [0.1, 0.15) is 37.3 Å². The number of tetrazole rings is 1. The van der Waals surface area contributed by atoms with Gasteiger partial charge in [-0.05, 0) is 47.4 Å². The van der Waals surface area contributed by atoms with Gasteiger partial charge in [-0.25, -0.2) is 9.97 Å². The number of nitrogens with one attached hydrogen (secondary N) is 1. The van der Waals surface area contributed by atoms with E-state index >= 15 is 0 Å². The Morgan fingerprint density at radius 3 is 2.49 bits per heavy atom. The molecule has 1 N–H and O–H groups in total. The number of fused-ring (bicyclic) bond motifs is 1. The highest BCUT2D eigenvalue weighted by Gasteiger charge is 2.15. The van der Waals surface area contributed by atoms with Crippen molar-refractivity contribution in [2.75, 3.05) is 11.4 Å². The Morgan fingerprint density at radius 1 is 0.886 bits per heavy atom. The van der Waals surface area contributed by atoms with Gasteiger partial charge in [-0.1, -0.05) is 79.9 Å². The summed E-state index contributed by atoms with van der Waals surface area (Å²) in [6, 6.07) is 23.2. The summed E-state index contributed by atoms with van der Waals surface area (Å²) in [4.78, 5) is 11.6. The second kappa shape index (κ2) is 10.4. The summed E-state index contributed by atoms with van der Waals surface area (Å²) >= 11 is 0. The summed E-state index contributed by atoms with van der Waals surface area (Å²) in [5.74, 6) is 1.60. The first-order valence-electron chi connectivity index (χ1n) is 12.1. The molecule has 3 aromatic carbocycles. The number of anilines is 1. The summed E-state index contributed by atoms with van der Waals surface area (Å²) in [7, 11) is 0. The fourth-order valence-electron chi connectivity index (χ4n) is 4.44. The van der Waals surface area contributed by atoms with E-state index in [1.54, 1.807) is 6.33 Å². The molecule has 0 radical (unpaired) electrons. The maximum Gasteiger partial charge on any atom is 0.205 e. The lowest BCUT2D eigenvalue weighted by Crippen LogP contribution is -2.25. The van der Waals surface area contributed by atoms with Crippen LogP contribution < -0.4 is 4.90 Å². The van der Waals surface area contributed by atoms with Crippen LogP contribution in [0.2, 0.25) is 0 Å². The van der Waals surface area contributed by atoms with Crippen LogP contribution in [-0.4, -0.2) is 37.1 Å². The van der Waals surface area contributed by atoms with Gasteiger partial charge in [0.25, 0.3) is 0 Å². The maximum absolute atomic E-state index is 4.72. The predicted octanol–water partition coefficient (Wildman–Crippen LogP) is 5.98. The van der Waals surface area contributed by atoms with Gasteiger partial charge in [-0.3, -0.25) is 0 Å². The van der Waals surface area contributed by atoms with Gasteiger partial charge >= 0.3 is 0 Å². The molecular weight excluding hydrogens is 434 g/mol. The molecule has 2 heterocycles. The number of nitrogens with zero attached hydrogens (tertiary/aromatic N) is 6. The SMILES string of the molecule is CCCCCN(Cc1ccc(-c2ccccc2-c2nn[nH]n2)cc1)c1ncnc2ccc(C)cc12. The second-order valence-electron chi connectivity index (χ2n) is 8.82. The zero-order chi connectivity index (χ0) is 24.0. The third-order valence-electron chi connectivity index (χ3n) is 6.25. The van der Waals surface area contributed by atoms with E-state index in [9.17, 15) is 0 Å². The minimum absolute atomic E-state index is 0.595. The minimum Gasteiger partial charge on any atom is -0.352 e. The maximum atomic E-state index is 4.72. The standard InChI is InChI=1S/C28H29N7/c1-3-4-7-16-35(28-25-17-20(2)10-15-26(25)29-19-30-28)18-21-11-13-22(14-12-21)23-8-5-6-9-24(23)27-31-33-34-32-27/h5-6,8-15,17,19H,3-4,7,16,18H2,1-2H3,(H,31,32,33,34). The topological polar surface area (TPSA) is 83.5 Å². The highest BCUT2D eigenvalue weighted by molar-refractivity contribution is 5.89. The van der Waals surface area contributed by atoms with Crippen molar-refractivity contribution >= 4 is 16.7 Å². The van der Waals surface area contributed by atoms with Gasteiger partial charge in [0.2, 0.25) is 5.82 Å². The summed E-state index contributed by atoms with van der Waals surface area (Å²) in [6.07, 6.45) is 5.19. The number of benzene rings is 3. The molecule has 7 nitrogen and oxygen atoms in total. The second-order valence-corrected chi connectivity index (χ2v) is 8.82. The molecule has 0 fully saturated rings. The Hall–Kier alpha value is -4.13. The quantitative estimate of drug-likeness (QED) is 0.271. The largest absolute Gasteiger partial charge is 0.352 e. The first kappa shape index (κ1) is 22.7. The Morgan fingerprint density at radius 2 is 1.71 bits per heavy atom. The molecule has 176 valence electrons. The van der Waals surface area contributed by atoms with Crippen molar-refractivity contribution in [3.8, 4) is 22.5 Å². The molecule has 0 aliphatic rings. The molecule has 0 unspecified atom stereocenters. The lowest BCUT2D eigenvalue weighted by atomic mass is 9.98. The van der Waals surface area contributed by atoms with Gasteiger partial charge in [0.05, 0.1) is 5.52 Å². The summed E-state index contributed by atoms with van der Waals surface area (Å²) in [6.45, 7) is 6.09. The molecule has 0 aliphatic carbocycles. The lowest BCUT2D eigenvalue weighted by molar-refractivity contribution is 0.670. The van der Waals surface area contributed by atoms with Crippen molar-refractivity contribution in [1.29, 1.82) is 0 Å². The monoisotopic (exact) mass is 463 g/mol. The molecule has 2 aromatic heterocycles. The number of aromatic amines is 1. The summed E-state index contributed by atoms with van der Waals surface area (Å²) < 4.78 is 0. The van der Waals surface area contributed by atoms with E-state index in [0.717, 1.165) is 52.9 Å². The molecule has 0 saturated carbocycles. The van der Waals surface area contributed by atoms with Crippen molar-refractivity contribution in [2.45, 2.75) is 39.7 Å². The molecule has 7 heteroatoms. The van der Waals surface area contributed by atoms with Gasteiger partial charge in [0.1, 0.15) is 12.1 Å². The number of hydrogen-bond acceptors (Lipinski definition) is 6. The summed E-state index contributed by atoms with van der Waals surface area (Å²) in [5, 5.41) is 15.7. The smallest absolute Gasteiger partial charge is 0.205 e. The molecule has 5 rings (SSSR count). The number of unbranched alkanes of at least 4 members (excludes halogenated alkanes) is 2. The minimum atomic E-state index is 0.595. The van der Waals surface area contributed by atoms with E-state index in [-0.39, 0.29) is 0 Å². The fourth-order valence-corrected chi connectivity index (χ4v) is 4.44. The number of rotatable bonds is 9. The fraction of sp³-hybridized carbons (Fsp3) is 0.250. The molecule has 0 saturated heterocycles. The molecule has 5 aromatic rings. The lowest BCUT2D eigenvalue weighted by Gasteiger charge is -2.25. The van der Waals surface area contributed by atoms with Crippen LogP contribution >= 0.6 is 0 Å². The van der Waals surface area contributed by atoms with Gasteiger partial charge in [-0.15, -0.1) is 10.2 Å². The van der Waals surface area contributed by atoms with Gasteiger partial charge in [0, 0.05) is 24.0 Å². The molecule has 35 heavy (non-hydrogen) atoms. The van der Waals surface area contributed by atoms with Crippen molar-refractivity contribution in [2.24, 2.45) is 0 Å². The predicted molar refractivity (Wildman–Crippen MR) is 140 cm³/mol. The van der Waals surface area contributed by atoms with E-state index in [2.05, 4.69) is 92.9 Å². The number of aryl methyl sites for hydroxylation is 1. The zero-order valence-electron chi connectivity index (χ0n) is 20.1. The Labute approximate surface area is 205 Å². The van der Waals surface area contributed by atoms with Crippen molar-refractivity contribution in [1.82, 2.24) is 30.6 Å². The van der Waals surface area contributed by atoms with E-state index in [1.165, 1.54) is 24.0 Å². The van der Waals surface area contributed by atoms with Gasteiger partial charge in [-0.2, -0.15) is 5.21 Å². The number of H-pyrrole nitrogens is 1. The Kier molecular flexibility index (Phi) is 6.75. The third kappa shape index (κ3) is 5.04. The Bertz CT molecular complexity index is 1400.